The fourth-order valence-electron chi connectivity index (χ4n) is 3.10. The van der Waals surface area contributed by atoms with Crippen LogP contribution in [0.2, 0.25) is 5.02 Å². The number of hydrogen-bond acceptors (Lipinski definition) is 3. The average Bonchev–Trinajstić information content (AvgIpc) is 3.04. The molecule has 1 aliphatic rings. The molecule has 0 saturated heterocycles. The minimum atomic E-state index is -0.172. The van der Waals surface area contributed by atoms with E-state index in [1.165, 1.54) is 11.1 Å². The zero-order valence-corrected chi connectivity index (χ0v) is 17.9. The molecule has 29 heavy (non-hydrogen) atoms. The van der Waals surface area contributed by atoms with Gasteiger partial charge < -0.3 is 4.74 Å². The number of unbranched alkanes of at least 4 members (excludes halogenated alkanes) is 1. The summed E-state index contributed by atoms with van der Waals surface area (Å²) in [7, 11) is 0. The van der Waals surface area contributed by atoms with Crippen LogP contribution in [0.15, 0.2) is 65.3 Å². The van der Waals surface area contributed by atoms with Crippen LogP contribution in [-0.4, -0.2) is 18.2 Å². The Kier molecular flexibility index (Phi) is 6.75. The van der Waals surface area contributed by atoms with E-state index in [0.29, 0.717) is 22.1 Å². The van der Waals surface area contributed by atoms with Gasteiger partial charge in [0.05, 0.1) is 5.57 Å². The number of hydrazone groups is 1. The number of nitrogens with zero attached hydrogens (tertiary/aromatic N) is 1. The molecule has 1 heterocycles. The van der Waals surface area contributed by atoms with Crippen molar-refractivity contribution in [3.63, 3.8) is 0 Å². The lowest BCUT2D eigenvalue weighted by Crippen LogP contribution is -2.16. The number of allylic oxidation sites excluding steroid dienone is 1. The number of benzene rings is 2. The van der Waals surface area contributed by atoms with Crippen LogP contribution in [0.1, 0.15) is 44.7 Å². The lowest BCUT2D eigenvalue weighted by Gasteiger charge is -2.19. The van der Waals surface area contributed by atoms with E-state index < -0.39 is 0 Å². The first kappa shape index (κ1) is 21.1. The third-order valence-corrected chi connectivity index (χ3v) is 5.13. The van der Waals surface area contributed by atoms with Gasteiger partial charge >= 0.3 is 0 Å². The maximum Gasteiger partial charge on any atom is 0.273 e. The monoisotopic (exact) mass is 410 g/mol. The fraction of sp³-hybridized carbons (Fsp3) is 0.333. The van der Waals surface area contributed by atoms with Crippen molar-refractivity contribution in [1.82, 2.24) is 5.43 Å². The van der Waals surface area contributed by atoms with Crippen molar-refractivity contribution < 1.29 is 9.53 Å². The molecular formula is C24H27ClN2O2. The maximum atomic E-state index is 12.1. The highest BCUT2D eigenvalue weighted by molar-refractivity contribution is 6.30. The van der Waals surface area contributed by atoms with Gasteiger partial charge in [-0.2, -0.15) is 5.10 Å². The summed E-state index contributed by atoms with van der Waals surface area (Å²) >= 11 is 5.88. The van der Waals surface area contributed by atoms with Gasteiger partial charge in [-0.1, -0.05) is 62.7 Å². The maximum absolute atomic E-state index is 12.1. The number of nitrogens with one attached hydrogen (secondary N) is 1. The molecule has 0 aromatic heterocycles. The molecule has 1 amide bonds. The van der Waals surface area contributed by atoms with E-state index in [-0.39, 0.29) is 17.9 Å². The molecule has 4 nitrogen and oxygen atoms in total. The molecule has 0 aliphatic carbocycles. The van der Waals surface area contributed by atoms with E-state index in [1.54, 1.807) is 24.3 Å². The highest BCUT2D eigenvalue weighted by Gasteiger charge is 2.22. The van der Waals surface area contributed by atoms with Crippen LogP contribution in [0, 0.1) is 0 Å². The quantitative estimate of drug-likeness (QED) is 0.487. The van der Waals surface area contributed by atoms with E-state index >= 15 is 0 Å². The topological polar surface area (TPSA) is 50.7 Å². The SMILES string of the molecule is CC(C)(C)c1ccc(CCC/C=C2/C(=O)NN=C2COc2ccc(Cl)cc2)cc1. The van der Waals surface area contributed by atoms with Crippen molar-refractivity contribution in [2.24, 2.45) is 5.10 Å². The normalized spacial score (nSPS) is 15.4. The average molecular weight is 411 g/mol. The van der Waals surface area contributed by atoms with Crippen LogP contribution < -0.4 is 10.2 Å². The predicted molar refractivity (Wildman–Crippen MR) is 119 cm³/mol. The van der Waals surface area contributed by atoms with Crippen LogP contribution in [0.25, 0.3) is 0 Å². The molecule has 5 heteroatoms. The molecule has 0 saturated carbocycles. The summed E-state index contributed by atoms with van der Waals surface area (Å²) in [6.45, 7) is 6.89. The van der Waals surface area contributed by atoms with Gasteiger partial charge in [0.1, 0.15) is 18.1 Å². The second kappa shape index (κ2) is 9.27. The highest BCUT2D eigenvalue weighted by Crippen LogP contribution is 2.23. The molecule has 2 aromatic rings. The number of rotatable bonds is 7. The molecule has 0 radical (unpaired) electrons. The zero-order chi connectivity index (χ0) is 20.9. The molecule has 3 rings (SSSR count). The van der Waals surface area contributed by atoms with Crippen LogP contribution in [-0.2, 0) is 16.6 Å². The molecule has 1 aliphatic heterocycles. The van der Waals surface area contributed by atoms with Crippen LogP contribution in [0.5, 0.6) is 5.75 Å². The molecule has 0 bridgehead atoms. The summed E-state index contributed by atoms with van der Waals surface area (Å²) in [5.74, 6) is 0.517. The minimum absolute atomic E-state index is 0.169. The van der Waals surface area contributed by atoms with Crippen molar-refractivity contribution in [2.45, 2.75) is 45.4 Å². The van der Waals surface area contributed by atoms with Crippen molar-refractivity contribution in [3.05, 3.63) is 76.3 Å². The fourth-order valence-corrected chi connectivity index (χ4v) is 3.22. The Morgan fingerprint density at radius 3 is 2.41 bits per heavy atom. The van der Waals surface area contributed by atoms with Gasteiger partial charge in [0.15, 0.2) is 0 Å². The number of hydrogen-bond donors (Lipinski definition) is 1. The zero-order valence-electron chi connectivity index (χ0n) is 17.2. The number of carbonyl (C=O) groups is 1. The number of amides is 1. The Balaban J connectivity index is 1.51. The summed E-state index contributed by atoms with van der Waals surface area (Å²) in [6, 6.07) is 15.9. The van der Waals surface area contributed by atoms with Crippen LogP contribution >= 0.6 is 11.6 Å². The summed E-state index contributed by atoms with van der Waals surface area (Å²) in [5, 5.41) is 4.75. The van der Waals surface area contributed by atoms with Crippen molar-refractivity contribution in [1.29, 1.82) is 0 Å². The van der Waals surface area contributed by atoms with E-state index in [2.05, 4.69) is 55.6 Å². The third kappa shape index (κ3) is 5.94. The van der Waals surface area contributed by atoms with E-state index in [9.17, 15) is 4.79 Å². The standard InChI is InChI=1S/C24H27ClN2O2/c1-24(2,3)18-10-8-17(9-11-18)6-4-5-7-21-22(26-27-23(21)28)16-29-20-14-12-19(25)13-15-20/h7-15H,4-6,16H2,1-3H3,(H,27,28)/b21-7+. The van der Waals surface area contributed by atoms with Crippen molar-refractivity contribution >= 4 is 23.2 Å². The van der Waals surface area contributed by atoms with Crippen molar-refractivity contribution in [2.75, 3.05) is 6.61 Å². The number of carbonyl (C=O) groups excluding carboxylic acids is 1. The Bertz CT molecular complexity index is 907. The first-order valence-corrected chi connectivity index (χ1v) is 10.3. The molecule has 2 aromatic carbocycles. The Morgan fingerprint density at radius 2 is 1.76 bits per heavy atom. The smallest absolute Gasteiger partial charge is 0.273 e. The van der Waals surface area contributed by atoms with Gasteiger partial charge in [-0.15, -0.1) is 0 Å². The molecule has 0 spiro atoms. The second-order valence-corrected chi connectivity index (χ2v) is 8.64. The predicted octanol–water partition coefficient (Wildman–Crippen LogP) is 5.45. The van der Waals surface area contributed by atoms with E-state index in [0.717, 1.165) is 19.3 Å². The number of aryl methyl sites for hydroxylation is 1. The lowest BCUT2D eigenvalue weighted by atomic mass is 9.86. The Labute approximate surface area is 177 Å². The summed E-state index contributed by atoms with van der Waals surface area (Å²) in [6.07, 6.45) is 4.71. The van der Waals surface area contributed by atoms with E-state index in [1.807, 2.05) is 6.08 Å². The number of halogens is 1. The van der Waals surface area contributed by atoms with Gasteiger partial charge in [-0.25, -0.2) is 5.43 Å². The van der Waals surface area contributed by atoms with Gasteiger partial charge in [0, 0.05) is 5.02 Å². The third-order valence-electron chi connectivity index (χ3n) is 4.88. The van der Waals surface area contributed by atoms with Crippen LogP contribution in [0.3, 0.4) is 0 Å². The van der Waals surface area contributed by atoms with Gasteiger partial charge in [0.2, 0.25) is 0 Å². The summed E-state index contributed by atoms with van der Waals surface area (Å²) in [4.78, 5) is 12.1. The van der Waals surface area contributed by atoms with Crippen LogP contribution in [0.4, 0.5) is 0 Å². The Hall–Kier alpha value is -2.59. The van der Waals surface area contributed by atoms with Gasteiger partial charge in [-0.3, -0.25) is 4.79 Å². The molecule has 0 fully saturated rings. The van der Waals surface area contributed by atoms with E-state index in [4.69, 9.17) is 16.3 Å². The first-order chi connectivity index (χ1) is 13.8. The Morgan fingerprint density at radius 1 is 1.07 bits per heavy atom. The van der Waals surface area contributed by atoms with Gasteiger partial charge in [-0.05, 0) is 60.1 Å². The second-order valence-electron chi connectivity index (χ2n) is 8.20. The summed E-state index contributed by atoms with van der Waals surface area (Å²) < 4.78 is 5.72. The molecule has 0 atom stereocenters. The van der Waals surface area contributed by atoms with Gasteiger partial charge in [0.25, 0.3) is 5.91 Å². The minimum Gasteiger partial charge on any atom is -0.487 e. The largest absolute Gasteiger partial charge is 0.487 e. The van der Waals surface area contributed by atoms with Crippen molar-refractivity contribution in [3.8, 4) is 5.75 Å². The lowest BCUT2D eigenvalue weighted by molar-refractivity contribution is -0.116. The molecule has 1 N–H and O–H groups in total. The number of ether oxygens (including phenoxy) is 1. The summed E-state index contributed by atoms with van der Waals surface area (Å²) in [5.41, 5.74) is 6.57. The molecular weight excluding hydrogens is 384 g/mol. The molecule has 152 valence electrons. The highest BCUT2D eigenvalue weighted by atomic mass is 35.5. The molecule has 0 unspecified atom stereocenters. The first-order valence-electron chi connectivity index (χ1n) is 9.88.